The largest absolute Gasteiger partial charge is 0.481 e. The zero-order valence-electron chi connectivity index (χ0n) is 11.7. The van der Waals surface area contributed by atoms with Gasteiger partial charge < -0.3 is 15.0 Å². The fourth-order valence-electron chi connectivity index (χ4n) is 2.66. The lowest BCUT2D eigenvalue weighted by Crippen LogP contribution is -2.47. The van der Waals surface area contributed by atoms with Crippen molar-refractivity contribution in [2.75, 3.05) is 18.1 Å². The van der Waals surface area contributed by atoms with E-state index < -0.39 is 5.97 Å². The molecule has 3 rings (SSSR count). The van der Waals surface area contributed by atoms with Gasteiger partial charge >= 0.3 is 5.97 Å². The third-order valence-corrected chi connectivity index (χ3v) is 5.04. The molecule has 7 heteroatoms. The summed E-state index contributed by atoms with van der Waals surface area (Å²) in [4.78, 5) is 28.4. The molecule has 1 saturated heterocycles. The summed E-state index contributed by atoms with van der Waals surface area (Å²) in [5, 5.41) is 10.5. The fourth-order valence-corrected chi connectivity index (χ4v) is 3.90. The third-order valence-electron chi connectivity index (χ3n) is 3.71. The molecule has 2 heterocycles. The van der Waals surface area contributed by atoms with Gasteiger partial charge in [-0.05, 0) is 18.2 Å². The van der Waals surface area contributed by atoms with E-state index in [1.165, 1.54) is 0 Å². The maximum absolute atomic E-state index is 12.7. The molecule has 1 amide bonds. The van der Waals surface area contributed by atoms with Crippen LogP contribution in [0, 0.1) is 0 Å². The van der Waals surface area contributed by atoms with Crippen molar-refractivity contribution in [3.8, 4) is 0 Å². The number of nitrogens with one attached hydrogen (secondary N) is 1. The molecule has 0 aliphatic carbocycles. The minimum atomic E-state index is -0.881. The van der Waals surface area contributed by atoms with E-state index in [1.54, 1.807) is 34.9 Å². The van der Waals surface area contributed by atoms with E-state index in [0.717, 1.165) is 16.7 Å². The average Bonchev–Trinajstić information content (AvgIpc) is 2.89. The number of fused-ring (bicyclic) bond motifs is 1. The number of carboxylic acid groups (broad SMARTS) is 1. The SMILES string of the molecule is O=C(O)CC1CSCCN1C(=O)c1cc2ccc(Cl)cc2[nH]1. The number of hydrogen-bond acceptors (Lipinski definition) is 3. The lowest BCUT2D eigenvalue weighted by atomic mass is 10.1. The van der Waals surface area contributed by atoms with E-state index in [1.807, 2.05) is 6.07 Å². The first-order valence-electron chi connectivity index (χ1n) is 6.93. The Labute approximate surface area is 136 Å². The second kappa shape index (κ2) is 6.22. The smallest absolute Gasteiger partial charge is 0.305 e. The van der Waals surface area contributed by atoms with Gasteiger partial charge in [0.2, 0.25) is 0 Å². The van der Waals surface area contributed by atoms with Crippen LogP contribution in [0.1, 0.15) is 16.9 Å². The maximum Gasteiger partial charge on any atom is 0.305 e. The molecule has 0 bridgehead atoms. The first-order valence-corrected chi connectivity index (χ1v) is 8.46. The Hall–Kier alpha value is -1.66. The molecular weight excluding hydrogens is 324 g/mol. The topological polar surface area (TPSA) is 73.4 Å². The van der Waals surface area contributed by atoms with Crippen LogP contribution in [0.4, 0.5) is 0 Å². The first-order chi connectivity index (χ1) is 10.5. The molecule has 1 atom stereocenters. The van der Waals surface area contributed by atoms with Crippen LogP contribution in [0.5, 0.6) is 0 Å². The number of halogens is 1. The van der Waals surface area contributed by atoms with Gasteiger partial charge in [0.1, 0.15) is 5.69 Å². The summed E-state index contributed by atoms with van der Waals surface area (Å²) < 4.78 is 0. The van der Waals surface area contributed by atoms with Gasteiger partial charge in [0, 0.05) is 34.0 Å². The van der Waals surface area contributed by atoms with Crippen LogP contribution < -0.4 is 0 Å². The fraction of sp³-hybridized carbons (Fsp3) is 0.333. The van der Waals surface area contributed by atoms with Crippen LogP contribution in [0.25, 0.3) is 10.9 Å². The Morgan fingerprint density at radius 2 is 2.23 bits per heavy atom. The highest BCUT2D eigenvalue weighted by Crippen LogP contribution is 2.24. The lowest BCUT2D eigenvalue weighted by molar-refractivity contribution is -0.138. The predicted octanol–water partition coefficient (Wildman–Crippen LogP) is 2.85. The van der Waals surface area contributed by atoms with E-state index in [4.69, 9.17) is 16.7 Å². The number of carbonyl (C=O) groups excluding carboxylic acids is 1. The minimum Gasteiger partial charge on any atom is -0.481 e. The summed E-state index contributed by atoms with van der Waals surface area (Å²) in [6.45, 7) is 0.567. The molecule has 0 spiro atoms. The molecular formula is C15H15ClN2O3S. The Morgan fingerprint density at radius 3 is 3.00 bits per heavy atom. The highest BCUT2D eigenvalue weighted by atomic mass is 35.5. The van der Waals surface area contributed by atoms with Crippen molar-refractivity contribution in [3.05, 3.63) is 35.0 Å². The van der Waals surface area contributed by atoms with Gasteiger partial charge in [-0.3, -0.25) is 9.59 Å². The Kier molecular flexibility index (Phi) is 4.31. The van der Waals surface area contributed by atoms with Crippen LogP contribution in [0.15, 0.2) is 24.3 Å². The zero-order valence-corrected chi connectivity index (χ0v) is 13.3. The lowest BCUT2D eigenvalue weighted by Gasteiger charge is -2.34. The van der Waals surface area contributed by atoms with Crippen LogP contribution in [-0.2, 0) is 4.79 Å². The second-order valence-corrected chi connectivity index (χ2v) is 6.83. The number of aliphatic carboxylic acids is 1. The number of aromatic amines is 1. The van der Waals surface area contributed by atoms with Crippen molar-refractivity contribution >= 4 is 46.1 Å². The average molecular weight is 339 g/mol. The number of carboxylic acids is 1. The monoisotopic (exact) mass is 338 g/mol. The number of amides is 1. The van der Waals surface area contributed by atoms with Gasteiger partial charge in [0.25, 0.3) is 5.91 Å². The molecule has 1 aliphatic heterocycles. The summed E-state index contributed by atoms with van der Waals surface area (Å²) in [5.74, 6) is 0.450. The minimum absolute atomic E-state index is 0.0230. The first kappa shape index (κ1) is 15.2. The number of H-pyrrole nitrogens is 1. The standard InChI is InChI=1S/C15H15ClN2O3S/c16-10-2-1-9-5-13(17-12(9)6-10)15(21)18-3-4-22-8-11(18)7-14(19)20/h1-2,5-6,11,17H,3-4,7-8H2,(H,19,20). The maximum atomic E-state index is 12.7. The number of hydrogen-bond donors (Lipinski definition) is 2. The van der Waals surface area contributed by atoms with Crippen molar-refractivity contribution in [1.29, 1.82) is 0 Å². The summed E-state index contributed by atoms with van der Waals surface area (Å²) >= 11 is 7.64. The number of rotatable bonds is 3. The van der Waals surface area contributed by atoms with E-state index >= 15 is 0 Å². The van der Waals surface area contributed by atoms with Gasteiger partial charge in [0.15, 0.2) is 0 Å². The molecule has 5 nitrogen and oxygen atoms in total. The molecule has 116 valence electrons. The third kappa shape index (κ3) is 3.08. The number of aromatic nitrogens is 1. The number of benzene rings is 1. The van der Waals surface area contributed by atoms with Gasteiger partial charge in [-0.25, -0.2) is 0 Å². The van der Waals surface area contributed by atoms with Crippen molar-refractivity contribution in [2.45, 2.75) is 12.5 Å². The van der Waals surface area contributed by atoms with Gasteiger partial charge in [-0.2, -0.15) is 11.8 Å². The second-order valence-electron chi connectivity index (χ2n) is 5.24. The normalized spacial score (nSPS) is 18.6. The Morgan fingerprint density at radius 1 is 1.41 bits per heavy atom. The van der Waals surface area contributed by atoms with Gasteiger partial charge in [-0.15, -0.1) is 0 Å². The summed E-state index contributed by atoms with van der Waals surface area (Å²) in [6, 6.07) is 6.92. The summed E-state index contributed by atoms with van der Waals surface area (Å²) in [6.07, 6.45) is -0.0230. The number of carbonyl (C=O) groups is 2. The van der Waals surface area contributed by atoms with Gasteiger partial charge in [-0.1, -0.05) is 17.7 Å². The molecule has 2 N–H and O–H groups in total. The zero-order chi connectivity index (χ0) is 15.7. The summed E-state index contributed by atoms with van der Waals surface area (Å²) in [5.41, 5.74) is 1.27. The molecule has 2 aromatic rings. The number of nitrogens with zero attached hydrogens (tertiary/aromatic N) is 1. The van der Waals surface area contributed by atoms with Crippen LogP contribution in [0.2, 0.25) is 5.02 Å². The highest BCUT2D eigenvalue weighted by molar-refractivity contribution is 7.99. The molecule has 1 fully saturated rings. The van der Waals surface area contributed by atoms with Crippen molar-refractivity contribution in [1.82, 2.24) is 9.88 Å². The van der Waals surface area contributed by atoms with Crippen LogP contribution in [0.3, 0.4) is 0 Å². The van der Waals surface area contributed by atoms with Crippen molar-refractivity contribution in [3.63, 3.8) is 0 Å². The van der Waals surface area contributed by atoms with Crippen LogP contribution in [-0.4, -0.2) is 51.0 Å². The summed E-state index contributed by atoms with van der Waals surface area (Å²) in [7, 11) is 0. The van der Waals surface area contributed by atoms with Crippen molar-refractivity contribution < 1.29 is 14.7 Å². The Bertz CT molecular complexity index is 731. The van der Waals surface area contributed by atoms with E-state index in [2.05, 4.69) is 4.98 Å². The molecule has 0 saturated carbocycles. The molecule has 1 unspecified atom stereocenters. The molecule has 1 aliphatic rings. The van der Waals surface area contributed by atoms with E-state index in [9.17, 15) is 9.59 Å². The van der Waals surface area contributed by atoms with Crippen molar-refractivity contribution in [2.24, 2.45) is 0 Å². The Balaban J connectivity index is 1.87. The van der Waals surface area contributed by atoms with E-state index in [0.29, 0.717) is 23.0 Å². The predicted molar refractivity (Wildman–Crippen MR) is 87.7 cm³/mol. The van der Waals surface area contributed by atoms with Gasteiger partial charge in [0.05, 0.1) is 12.5 Å². The molecule has 1 aromatic heterocycles. The molecule has 0 radical (unpaired) electrons. The quantitative estimate of drug-likeness (QED) is 0.902. The number of thioether (sulfide) groups is 1. The highest BCUT2D eigenvalue weighted by Gasteiger charge is 2.30. The van der Waals surface area contributed by atoms with E-state index in [-0.39, 0.29) is 18.4 Å². The molecule has 1 aromatic carbocycles. The van der Waals surface area contributed by atoms with Crippen LogP contribution >= 0.6 is 23.4 Å². The molecule has 22 heavy (non-hydrogen) atoms.